The maximum atomic E-state index is 13.6. The summed E-state index contributed by atoms with van der Waals surface area (Å²) in [6, 6.07) is 13.5. The maximum Gasteiger partial charge on any atom is 0.328 e. The Kier molecular flexibility index (Phi) is 17.3. The number of nitrogens with zero attached hydrogens (tertiary/aromatic N) is 3. The van der Waals surface area contributed by atoms with Crippen LogP contribution in [0.3, 0.4) is 0 Å². The van der Waals surface area contributed by atoms with Gasteiger partial charge >= 0.3 is 5.97 Å². The van der Waals surface area contributed by atoms with Gasteiger partial charge in [-0.25, -0.2) is 9.78 Å². The molecular formula is C40H57N5O4S. The minimum atomic E-state index is -0.717. The Balaban J connectivity index is 1.79. The summed E-state index contributed by atoms with van der Waals surface area (Å²) in [5.74, 6) is 0.0688. The zero-order valence-electron chi connectivity index (χ0n) is 31.0. The third-order valence-electron chi connectivity index (χ3n) is 9.07. The predicted octanol–water partition coefficient (Wildman–Crippen LogP) is 6.72. The molecule has 0 saturated heterocycles. The molecule has 2 N–H and O–H groups in total. The molecule has 3 atom stereocenters. The number of fused-ring (bicyclic) bond motifs is 1. The summed E-state index contributed by atoms with van der Waals surface area (Å²) in [6.07, 6.45) is 13.5. The lowest BCUT2D eigenvalue weighted by atomic mass is 9.97. The highest BCUT2D eigenvalue weighted by atomic mass is 32.2. The highest BCUT2D eigenvalue weighted by Crippen LogP contribution is 2.21. The Labute approximate surface area is 303 Å². The molecule has 0 spiro atoms. The summed E-state index contributed by atoms with van der Waals surface area (Å²) in [5.41, 5.74) is 4.57. The second-order valence-corrected chi connectivity index (χ2v) is 14.4. The van der Waals surface area contributed by atoms with Crippen LogP contribution in [0.2, 0.25) is 0 Å². The van der Waals surface area contributed by atoms with Gasteiger partial charge in [-0.1, -0.05) is 86.0 Å². The molecule has 3 rings (SSSR count). The van der Waals surface area contributed by atoms with Crippen LogP contribution in [0.4, 0.5) is 0 Å². The summed E-state index contributed by atoms with van der Waals surface area (Å²) in [4.78, 5) is 46.0. The van der Waals surface area contributed by atoms with E-state index in [1.165, 1.54) is 18.3 Å². The first-order chi connectivity index (χ1) is 24.0. The molecule has 1 aromatic heterocycles. The molecule has 272 valence electrons. The number of ether oxygens (including phenoxy) is 1. The fourth-order valence-electron chi connectivity index (χ4n) is 5.88. The molecule has 0 unspecified atom stereocenters. The van der Waals surface area contributed by atoms with Crippen LogP contribution >= 0.6 is 11.8 Å². The van der Waals surface area contributed by atoms with Crippen LogP contribution in [0.25, 0.3) is 10.8 Å². The molecule has 2 amide bonds. The van der Waals surface area contributed by atoms with E-state index < -0.39 is 12.0 Å². The van der Waals surface area contributed by atoms with Crippen LogP contribution in [0.5, 0.6) is 0 Å². The van der Waals surface area contributed by atoms with E-state index in [9.17, 15) is 14.4 Å². The summed E-state index contributed by atoms with van der Waals surface area (Å²) < 4.78 is 7.00. The van der Waals surface area contributed by atoms with E-state index in [2.05, 4.69) is 91.6 Å². The van der Waals surface area contributed by atoms with E-state index >= 15 is 0 Å². The number of allylic oxidation sites excluding steroid dienone is 4. The quantitative estimate of drug-likeness (QED) is 0.0938. The minimum Gasteiger partial charge on any atom is -0.467 e. The number of nitrogens with one attached hydrogen (secondary N) is 2. The van der Waals surface area contributed by atoms with E-state index in [-0.39, 0.29) is 36.7 Å². The van der Waals surface area contributed by atoms with Crippen LogP contribution in [0, 0.1) is 5.92 Å². The summed E-state index contributed by atoms with van der Waals surface area (Å²) >= 11 is 1.61. The standard InChI is InChI=1S/C40H57N5O4S/c1-8-31(5)37(43-38(46)23-34-24-41-28-45(34)21-19-30(4)14-11-13-29(2)3)26-44(25-33-17-12-16-32-15-9-10-18-35(32)33)27-39(47)42-36(20-22-50-7)40(48)49-6/h9-10,12-13,15-19,24,28,31,36-37H,8,11,14,20-23,25-27H2,1-7H3,(H,42,47)(H,43,46)/t31-,36-,37+/m0/s1. The lowest BCUT2D eigenvalue weighted by Gasteiger charge is -2.32. The third kappa shape index (κ3) is 13.4. The van der Waals surface area contributed by atoms with E-state index in [1.807, 2.05) is 29.0 Å². The largest absolute Gasteiger partial charge is 0.467 e. The van der Waals surface area contributed by atoms with Gasteiger partial charge in [-0.05, 0) is 74.3 Å². The van der Waals surface area contributed by atoms with Crippen molar-refractivity contribution in [2.45, 2.75) is 91.9 Å². The van der Waals surface area contributed by atoms with Crippen molar-refractivity contribution in [2.75, 3.05) is 32.2 Å². The number of imidazole rings is 1. The molecule has 0 aliphatic carbocycles. The average molecular weight is 704 g/mol. The highest BCUT2D eigenvalue weighted by Gasteiger charge is 2.26. The third-order valence-corrected chi connectivity index (χ3v) is 9.72. The fraction of sp³-hybridized carbons (Fsp3) is 0.500. The molecule has 0 aliphatic rings. The van der Waals surface area contributed by atoms with E-state index in [4.69, 9.17) is 4.74 Å². The smallest absolute Gasteiger partial charge is 0.328 e. The Bertz CT molecular complexity index is 1590. The number of thioether (sulfide) groups is 1. The minimum absolute atomic E-state index is 0.0604. The van der Waals surface area contributed by atoms with Crippen molar-refractivity contribution in [3.8, 4) is 0 Å². The molecule has 0 radical (unpaired) electrons. The van der Waals surface area contributed by atoms with Gasteiger partial charge in [0.2, 0.25) is 11.8 Å². The van der Waals surface area contributed by atoms with Gasteiger partial charge in [0.15, 0.2) is 0 Å². The van der Waals surface area contributed by atoms with Gasteiger partial charge in [-0.3, -0.25) is 14.5 Å². The maximum absolute atomic E-state index is 13.6. The molecule has 1 heterocycles. The van der Waals surface area contributed by atoms with E-state index in [0.717, 1.165) is 41.3 Å². The number of benzene rings is 2. The first-order valence-electron chi connectivity index (χ1n) is 17.7. The SMILES string of the molecule is CC[C@H](C)[C@@H](CN(CC(=O)N[C@@H](CCSC)C(=O)OC)Cc1cccc2ccccc12)NC(=O)Cc1cncn1CC=C(C)CCC=C(C)C. The number of hydrogen-bond acceptors (Lipinski definition) is 7. The number of esters is 1. The number of carbonyl (C=O) groups excluding carboxylic acids is 3. The van der Waals surface area contributed by atoms with Gasteiger partial charge in [0.1, 0.15) is 6.04 Å². The Morgan fingerprint density at radius 3 is 2.52 bits per heavy atom. The molecule has 3 aromatic rings. The summed E-state index contributed by atoms with van der Waals surface area (Å²) in [6.45, 7) is 12.3. The molecule has 0 bridgehead atoms. The number of carbonyl (C=O) groups is 3. The molecule has 0 fully saturated rings. The topological polar surface area (TPSA) is 106 Å². The van der Waals surface area contributed by atoms with Crippen molar-refractivity contribution in [1.29, 1.82) is 0 Å². The van der Waals surface area contributed by atoms with Crippen LogP contribution in [0.1, 0.15) is 71.6 Å². The van der Waals surface area contributed by atoms with Gasteiger partial charge in [0, 0.05) is 37.6 Å². The predicted molar refractivity (Wildman–Crippen MR) is 206 cm³/mol. The van der Waals surface area contributed by atoms with Gasteiger partial charge in [-0.2, -0.15) is 11.8 Å². The van der Waals surface area contributed by atoms with Crippen LogP contribution in [0.15, 0.2) is 78.3 Å². The Morgan fingerprint density at radius 2 is 1.80 bits per heavy atom. The van der Waals surface area contributed by atoms with Crippen molar-refractivity contribution in [2.24, 2.45) is 5.92 Å². The molecule has 2 aromatic carbocycles. The normalized spacial score (nSPS) is 13.5. The van der Waals surface area contributed by atoms with Crippen molar-refractivity contribution in [3.63, 3.8) is 0 Å². The molecule has 0 saturated carbocycles. The fourth-order valence-corrected chi connectivity index (χ4v) is 6.36. The monoisotopic (exact) mass is 703 g/mol. The Hall–Kier alpha value is -3.89. The zero-order chi connectivity index (χ0) is 36.5. The Morgan fingerprint density at radius 1 is 1.04 bits per heavy atom. The average Bonchev–Trinajstić information content (AvgIpc) is 3.54. The van der Waals surface area contributed by atoms with E-state index in [1.54, 1.807) is 24.3 Å². The number of rotatable bonds is 21. The van der Waals surface area contributed by atoms with Crippen LogP contribution < -0.4 is 10.6 Å². The molecular weight excluding hydrogens is 647 g/mol. The molecule has 9 nitrogen and oxygen atoms in total. The first-order valence-corrected chi connectivity index (χ1v) is 19.1. The zero-order valence-corrected chi connectivity index (χ0v) is 31.9. The van der Waals surface area contributed by atoms with Crippen molar-refractivity contribution < 1.29 is 19.1 Å². The van der Waals surface area contributed by atoms with Crippen LogP contribution in [-0.4, -0.2) is 76.5 Å². The van der Waals surface area contributed by atoms with Crippen molar-refractivity contribution in [3.05, 3.63) is 89.5 Å². The van der Waals surface area contributed by atoms with Gasteiger partial charge in [0.05, 0.1) is 26.4 Å². The first kappa shape index (κ1) is 40.5. The van der Waals surface area contributed by atoms with Gasteiger partial charge in [0.25, 0.3) is 0 Å². The van der Waals surface area contributed by atoms with E-state index in [0.29, 0.717) is 31.8 Å². The number of amides is 2. The highest BCUT2D eigenvalue weighted by molar-refractivity contribution is 7.98. The second kappa shape index (κ2) is 21.4. The van der Waals surface area contributed by atoms with Gasteiger partial charge in [-0.15, -0.1) is 0 Å². The molecule has 0 aliphatic heterocycles. The van der Waals surface area contributed by atoms with Crippen molar-refractivity contribution >= 4 is 40.3 Å². The molecule has 10 heteroatoms. The van der Waals surface area contributed by atoms with Crippen LogP contribution in [-0.2, 0) is 38.6 Å². The lowest BCUT2D eigenvalue weighted by molar-refractivity contribution is -0.145. The molecule has 50 heavy (non-hydrogen) atoms. The second-order valence-electron chi connectivity index (χ2n) is 13.4. The number of methoxy groups -OCH3 is 1. The summed E-state index contributed by atoms with van der Waals surface area (Å²) in [7, 11) is 1.34. The van der Waals surface area contributed by atoms with Gasteiger partial charge < -0.3 is 19.9 Å². The lowest BCUT2D eigenvalue weighted by Crippen LogP contribution is -2.51. The van der Waals surface area contributed by atoms with Crippen molar-refractivity contribution in [1.82, 2.24) is 25.1 Å². The number of aromatic nitrogens is 2. The summed E-state index contributed by atoms with van der Waals surface area (Å²) in [5, 5.41) is 8.46. The number of hydrogen-bond donors (Lipinski definition) is 2.